The number of H-pyrrole nitrogens is 1. The van der Waals surface area contributed by atoms with Gasteiger partial charge in [-0.3, -0.25) is 4.79 Å². The van der Waals surface area contributed by atoms with E-state index in [1.54, 1.807) is 0 Å². The molecular formula is C13H18N2O3. The van der Waals surface area contributed by atoms with Crippen LogP contribution in [-0.2, 0) is 4.74 Å². The fraction of sp³-hybridized carbons (Fsp3) is 0.538. The Balaban J connectivity index is 2.66. The van der Waals surface area contributed by atoms with E-state index < -0.39 is 60.0 Å². The minimum Gasteiger partial charge on any atom is -0.444 e. The quantitative estimate of drug-likeness (QED) is 0.834. The van der Waals surface area contributed by atoms with Crippen LogP contribution in [-0.4, -0.2) is 34.6 Å². The summed E-state index contributed by atoms with van der Waals surface area (Å²) in [5.41, 5.74) is -3.11. The molecule has 0 radical (unpaired) electrons. The van der Waals surface area contributed by atoms with Gasteiger partial charge < -0.3 is 14.6 Å². The van der Waals surface area contributed by atoms with E-state index in [-0.39, 0.29) is 4.90 Å². The van der Waals surface area contributed by atoms with Crippen molar-refractivity contribution in [2.24, 2.45) is 0 Å². The molecule has 1 fully saturated rings. The second kappa shape index (κ2) is 4.48. The number of pyridine rings is 1. The van der Waals surface area contributed by atoms with Gasteiger partial charge in [-0.15, -0.1) is 0 Å². The Kier molecular flexibility index (Phi) is 1.47. The molecule has 0 bridgehead atoms. The fourth-order valence-corrected chi connectivity index (χ4v) is 1.19. The van der Waals surface area contributed by atoms with Crippen LogP contribution in [0.3, 0.4) is 0 Å². The maximum atomic E-state index is 12.2. The number of nitrogens with zero attached hydrogens (tertiary/aromatic N) is 1. The lowest BCUT2D eigenvalue weighted by molar-refractivity contribution is 0.00819. The molecular weight excluding hydrogens is 232 g/mol. The second-order valence-corrected chi connectivity index (χ2v) is 4.62. The Bertz CT molecular complexity index is 814. The van der Waals surface area contributed by atoms with Gasteiger partial charge in [0.1, 0.15) is 5.60 Å². The summed E-state index contributed by atoms with van der Waals surface area (Å²) in [5.74, 6) is -2.98. The van der Waals surface area contributed by atoms with Gasteiger partial charge in [0.2, 0.25) is 5.56 Å². The first-order chi connectivity index (χ1) is 11.5. The smallest absolute Gasteiger partial charge is 0.410 e. The summed E-state index contributed by atoms with van der Waals surface area (Å²) in [4.78, 5) is 25.9. The molecule has 0 saturated carbocycles. The van der Waals surface area contributed by atoms with E-state index in [2.05, 4.69) is 0 Å². The predicted molar refractivity (Wildman–Crippen MR) is 67.6 cm³/mol. The molecule has 1 aliphatic heterocycles. The number of hydrogen-bond acceptors (Lipinski definition) is 3. The zero-order chi connectivity index (χ0) is 20.5. The maximum Gasteiger partial charge on any atom is 0.410 e. The van der Waals surface area contributed by atoms with Crippen molar-refractivity contribution in [3.05, 3.63) is 34.2 Å². The van der Waals surface area contributed by atoms with Crippen LogP contribution in [0.25, 0.3) is 0 Å². The van der Waals surface area contributed by atoms with Gasteiger partial charge in [-0.25, -0.2) is 4.79 Å². The lowest BCUT2D eigenvalue weighted by Gasteiger charge is -2.39. The van der Waals surface area contributed by atoms with Crippen LogP contribution in [0.5, 0.6) is 0 Å². The largest absolute Gasteiger partial charge is 0.444 e. The van der Waals surface area contributed by atoms with Crippen LogP contribution in [0, 0.1) is 0 Å². The standard InChI is InChI=1S/C13H18N2O3/c1-13(2,3)18-12(17)15-7-10(8-15)9-4-5-14-11(16)6-9/h4-6,10H,7-8H2,1-3H3,(H,14,16)/i4D,5D,6D,7D2,8D2,10D. The average Bonchev–Trinajstić information content (AvgIpc) is 2.42. The van der Waals surface area contributed by atoms with Crippen molar-refractivity contribution < 1.29 is 20.5 Å². The molecule has 2 rings (SSSR count). The third-order valence-electron chi connectivity index (χ3n) is 1.88. The van der Waals surface area contributed by atoms with E-state index in [1.807, 2.05) is 4.98 Å². The molecule has 2 heterocycles. The van der Waals surface area contributed by atoms with E-state index in [9.17, 15) is 9.59 Å². The second-order valence-electron chi connectivity index (χ2n) is 4.62. The molecule has 0 spiro atoms. The molecule has 1 saturated heterocycles. The van der Waals surface area contributed by atoms with Gasteiger partial charge in [0.15, 0.2) is 0 Å². The molecule has 1 N–H and O–H groups in total. The lowest BCUT2D eigenvalue weighted by atomic mass is 9.93. The number of likely N-dealkylation sites (tertiary alicyclic amines) is 1. The Labute approximate surface area is 117 Å². The predicted octanol–water partition coefficient (Wildman–Crippen LogP) is 1.71. The third-order valence-corrected chi connectivity index (χ3v) is 1.88. The third kappa shape index (κ3) is 2.91. The molecule has 0 atom stereocenters. The highest BCUT2D eigenvalue weighted by Gasteiger charge is 2.34. The Morgan fingerprint density at radius 3 is 2.94 bits per heavy atom. The molecule has 0 aromatic carbocycles. The van der Waals surface area contributed by atoms with Crippen molar-refractivity contribution in [2.45, 2.75) is 32.3 Å². The van der Waals surface area contributed by atoms with E-state index in [0.29, 0.717) is 0 Å². The van der Waals surface area contributed by atoms with Crippen LogP contribution in [0.2, 0.25) is 0 Å². The molecule has 98 valence electrons. The van der Waals surface area contributed by atoms with Crippen LogP contribution < -0.4 is 5.56 Å². The number of carbonyl (C=O) groups excluding carboxylic acids is 1. The van der Waals surface area contributed by atoms with Gasteiger partial charge in [0.25, 0.3) is 0 Å². The summed E-state index contributed by atoms with van der Waals surface area (Å²) >= 11 is 0. The van der Waals surface area contributed by atoms with Gasteiger partial charge in [0, 0.05) is 32.5 Å². The highest BCUT2D eigenvalue weighted by Crippen LogP contribution is 2.27. The average molecular weight is 258 g/mol. The first-order valence-electron chi connectivity index (χ1n) is 9.24. The minimum atomic E-state index is -3.04. The number of rotatable bonds is 1. The van der Waals surface area contributed by atoms with Gasteiger partial charge in [-0.2, -0.15) is 0 Å². The summed E-state index contributed by atoms with van der Waals surface area (Å²) in [6.45, 7) is -1.58. The lowest BCUT2D eigenvalue weighted by Crippen LogP contribution is -2.50. The molecule has 0 aliphatic carbocycles. The molecule has 5 nitrogen and oxygen atoms in total. The van der Waals surface area contributed by atoms with E-state index >= 15 is 0 Å². The van der Waals surface area contributed by atoms with E-state index in [0.717, 1.165) is 0 Å². The van der Waals surface area contributed by atoms with E-state index in [4.69, 9.17) is 15.7 Å². The first-order valence-corrected chi connectivity index (χ1v) is 5.24. The van der Waals surface area contributed by atoms with Crippen LogP contribution >= 0.6 is 0 Å². The van der Waals surface area contributed by atoms with Gasteiger partial charge in [-0.05, 0) is 32.4 Å². The summed E-state index contributed by atoms with van der Waals surface area (Å²) in [6.07, 6.45) is -2.14. The number of aromatic amines is 1. The highest BCUT2D eigenvalue weighted by molar-refractivity contribution is 5.69. The zero-order valence-electron chi connectivity index (χ0n) is 18.2. The summed E-state index contributed by atoms with van der Waals surface area (Å²) < 4.78 is 68.7. The molecule has 5 heteroatoms. The Morgan fingerprint density at radius 2 is 2.33 bits per heavy atom. The minimum absolute atomic E-state index is 0.0714. The summed E-state index contributed by atoms with van der Waals surface area (Å²) in [7, 11) is 0. The number of hydrogen-bond donors (Lipinski definition) is 1. The highest BCUT2D eigenvalue weighted by atomic mass is 16.6. The fourth-order valence-electron chi connectivity index (χ4n) is 1.19. The molecule has 1 aromatic rings. The number of carbonyl (C=O) groups is 1. The van der Waals surface area contributed by atoms with Crippen molar-refractivity contribution in [3.8, 4) is 0 Å². The normalized spacial score (nSPS) is 30.1. The molecule has 0 unspecified atom stereocenters. The maximum absolute atomic E-state index is 12.2. The van der Waals surface area contributed by atoms with Crippen LogP contribution in [0.4, 0.5) is 4.79 Å². The van der Waals surface area contributed by atoms with Crippen molar-refractivity contribution >= 4 is 6.09 Å². The Hall–Kier alpha value is -1.78. The summed E-state index contributed by atoms with van der Waals surface area (Å²) in [5, 5.41) is 0. The SMILES string of the molecule is [2H]c1[nH]c(=O)c([2H])c(C2([2H])C([2H])([2H])N(C(=O)OC(C)(C)C)C2([2H])[2H])c1[2H]. The Morgan fingerprint density at radius 1 is 1.67 bits per heavy atom. The number of aromatic nitrogens is 1. The van der Waals surface area contributed by atoms with E-state index in [1.165, 1.54) is 20.8 Å². The van der Waals surface area contributed by atoms with Gasteiger partial charge in [-0.1, -0.05) is 0 Å². The number of amides is 1. The topological polar surface area (TPSA) is 62.4 Å². The van der Waals surface area contributed by atoms with Gasteiger partial charge >= 0.3 is 6.09 Å². The first kappa shape index (κ1) is 5.91. The van der Waals surface area contributed by atoms with Crippen molar-refractivity contribution in [1.82, 2.24) is 9.88 Å². The number of nitrogens with one attached hydrogen (secondary N) is 1. The van der Waals surface area contributed by atoms with Gasteiger partial charge in [0.05, 0.1) is 9.60 Å². The van der Waals surface area contributed by atoms with Crippen molar-refractivity contribution in [1.29, 1.82) is 0 Å². The van der Waals surface area contributed by atoms with Crippen LogP contribution in [0.15, 0.2) is 23.1 Å². The summed E-state index contributed by atoms with van der Waals surface area (Å²) in [6, 6.07) is -1.86. The molecule has 1 aromatic heterocycles. The monoisotopic (exact) mass is 258 g/mol. The number of ether oxygens (including phenoxy) is 1. The molecule has 1 amide bonds. The van der Waals surface area contributed by atoms with Crippen LogP contribution in [0.1, 0.15) is 43.2 Å². The molecule has 1 aliphatic rings. The van der Waals surface area contributed by atoms with Crippen molar-refractivity contribution in [2.75, 3.05) is 13.0 Å². The van der Waals surface area contributed by atoms with Crippen molar-refractivity contribution in [3.63, 3.8) is 0 Å². The molecule has 18 heavy (non-hydrogen) atoms. The zero-order valence-corrected chi connectivity index (χ0v) is 10.2.